The van der Waals surface area contributed by atoms with Crippen LogP contribution in [-0.4, -0.2) is 6.04 Å². The van der Waals surface area contributed by atoms with Gasteiger partial charge in [-0.2, -0.15) is 0 Å². The first-order valence-electron chi connectivity index (χ1n) is 6.50. The number of hydrogen-bond donors (Lipinski definition) is 1. The minimum absolute atomic E-state index is 0.450. The van der Waals surface area contributed by atoms with Gasteiger partial charge in [-0.3, -0.25) is 0 Å². The molecule has 0 unspecified atom stereocenters. The van der Waals surface area contributed by atoms with Gasteiger partial charge in [0, 0.05) is 22.4 Å². The van der Waals surface area contributed by atoms with Gasteiger partial charge in [0.05, 0.1) is 0 Å². The quantitative estimate of drug-likeness (QED) is 0.863. The summed E-state index contributed by atoms with van der Waals surface area (Å²) in [6.07, 6.45) is 0. The molecule has 2 aromatic carbocycles. The first-order chi connectivity index (χ1) is 9.54. The molecule has 1 N–H and O–H groups in total. The molecule has 0 amide bonds. The Bertz CT molecular complexity index is 567. The topological polar surface area (TPSA) is 12.0 Å². The highest BCUT2D eigenvalue weighted by Gasteiger charge is 2.04. The summed E-state index contributed by atoms with van der Waals surface area (Å²) in [5.74, 6) is -1.63. The molecule has 0 aromatic heterocycles. The lowest BCUT2D eigenvalue weighted by Gasteiger charge is -2.08. The Morgan fingerprint density at radius 2 is 1.60 bits per heavy atom. The third-order valence-corrected chi connectivity index (χ3v) is 3.76. The molecule has 0 aliphatic heterocycles. The Balaban J connectivity index is 2.01. The molecule has 0 fully saturated rings. The van der Waals surface area contributed by atoms with Crippen molar-refractivity contribution < 1.29 is 8.78 Å². The van der Waals surface area contributed by atoms with Crippen LogP contribution in [0.1, 0.15) is 19.4 Å². The average Bonchev–Trinajstić information content (AvgIpc) is 2.42. The molecule has 0 aliphatic carbocycles. The molecule has 106 valence electrons. The summed E-state index contributed by atoms with van der Waals surface area (Å²) in [5.41, 5.74) is 1.20. The highest BCUT2D eigenvalue weighted by molar-refractivity contribution is 7.99. The van der Waals surface area contributed by atoms with Crippen molar-refractivity contribution in [3.63, 3.8) is 0 Å². The molecular weight excluding hydrogens is 276 g/mol. The minimum Gasteiger partial charge on any atom is -0.310 e. The van der Waals surface area contributed by atoms with Gasteiger partial charge < -0.3 is 5.32 Å². The molecule has 4 heteroatoms. The lowest BCUT2D eigenvalue weighted by Crippen LogP contribution is -2.21. The summed E-state index contributed by atoms with van der Waals surface area (Å²) in [7, 11) is 0. The van der Waals surface area contributed by atoms with Crippen molar-refractivity contribution in [2.45, 2.75) is 36.2 Å². The molecule has 2 rings (SSSR count). The van der Waals surface area contributed by atoms with Crippen molar-refractivity contribution >= 4 is 11.8 Å². The van der Waals surface area contributed by atoms with E-state index >= 15 is 0 Å². The van der Waals surface area contributed by atoms with E-state index in [0.717, 1.165) is 17.5 Å². The second-order valence-corrected chi connectivity index (χ2v) is 6.00. The summed E-state index contributed by atoms with van der Waals surface area (Å²) < 4.78 is 26.0. The third-order valence-electron chi connectivity index (χ3n) is 2.76. The fraction of sp³-hybridized carbons (Fsp3) is 0.250. The fourth-order valence-corrected chi connectivity index (χ4v) is 2.52. The third kappa shape index (κ3) is 4.32. The maximum absolute atomic E-state index is 13.1. The van der Waals surface area contributed by atoms with Crippen molar-refractivity contribution in [2.24, 2.45) is 0 Å². The first-order valence-corrected chi connectivity index (χ1v) is 7.31. The Labute approximate surface area is 122 Å². The lowest BCUT2D eigenvalue weighted by molar-refractivity contribution is 0.506. The molecule has 0 atom stereocenters. The fourth-order valence-electron chi connectivity index (χ4n) is 1.67. The van der Waals surface area contributed by atoms with E-state index in [4.69, 9.17) is 0 Å². The summed E-state index contributed by atoms with van der Waals surface area (Å²) in [6.45, 7) is 5.04. The van der Waals surface area contributed by atoms with Crippen molar-refractivity contribution in [2.75, 3.05) is 0 Å². The first kappa shape index (κ1) is 15.0. The molecule has 1 nitrogen and oxygen atoms in total. The summed E-state index contributed by atoms with van der Waals surface area (Å²) >= 11 is 1.42. The highest BCUT2D eigenvalue weighted by Crippen LogP contribution is 2.28. The van der Waals surface area contributed by atoms with Gasteiger partial charge in [0.15, 0.2) is 11.6 Å². The number of benzene rings is 2. The Morgan fingerprint density at radius 3 is 2.20 bits per heavy atom. The summed E-state index contributed by atoms with van der Waals surface area (Å²) in [6, 6.07) is 12.5. The van der Waals surface area contributed by atoms with Crippen LogP contribution in [0, 0.1) is 11.6 Å². The van der Waals surface area contributed by atoms with Gasteiger partial charge >= 0.3 is 0 Å². The van der Waals surface area contributed by atoms with E-state index in [2.05, 4.69) is 19.2 Å². The zero-order valence-electron chi connectivity index (χ0n) is 11.5. The largest absolute Gasteiger partial charge is 0.310 e. The second kappa shape index (κ2) is 6.86. The Morgan fingerprint density at radius 1 is 0.950 bits per heavy atom. The standard InChI is InChI=1S/C16H17F2NS/c1-11(2)19-10-12-3-5-13(6-4-12)20-14-7-8-15(17)16(18)9-14/h3-9,11,19H,10H2,1-2H3. The van der Waals surface area contributed by atoms with Crippen molar-refractivity contribution in [3.05, 3.63) is 59.7 Å². The number of nitrogens with one attached hydrogen (secondary N) is 1. The van der Waals surface area contributed by atoms with Crippen LogP contribution in [-0.2, 0) is 6.54 Å². The predicted molar refractivity (Wildman–Crippen MR) is 78.9 cm³/mol. The number of halogens is 2. The van der Waals surface area contributed by atoms with Crippen molar-refractivity contribution in [3.8, 4) is 0 Å². The van der Waals surface area contributed by atoms with Gasteiger partial charge in [0.2, 0.25) is 0 Å². The molecular formula is C16H17F2NS. The van der Waals surface area contributed by atoms with Crippen molar-refractivity contribution in [1.82, 2.24) is 5.32 Å². The Kier molecular flexibility index (Phi) is 5.15. The van der Waals surface area contributed by atoms with Crippen LogP contribution in [0.2, 0.25) is 0 Å². The summed E-state index contributed by atoms with van der Waals surface area (Å²) in [4.78, 5) is 1.70. The molecule has 0 heterocycles. The van der Waals surface area contributed by atoms with Gasteiger partial charge in [-0.15, -0.1) is 0 Å². The molecule has 0 bridgehead atoms. The van der Waals surface area contributed by atoms with E-state index in [1.165, 1.54) is 23.4 Å². The van der Waals surface area contributed by atoms with Crippen molar-refractivity contribution in [1.29, 1.82) is 0 Å². The second-order valence-electron chi connectivity index (χ2n) is 4.86. The van der Waals surface area contributed by atoms with Crippen LogP contribution in [0.5, 0.6) is 0 Å². The smallest absolute Gasteiger partial charge is 0.159 e. The molecule has 0 saturated carbocycles. The predicted octanol–water partition coefficient (Wildman–Crippen LogP) is 4.61. The van der Waals surface area contributed by atoms with Gasteiger partial charge in [-0.25, -0.2) is 8.78 Å². The Hall–Kier alpha value is -1.39. The molecule has 0 aliphatic rings. The zero-order chi connectivity index (χ0) is 14.5. The van der Waals surface area contributed by atoms with Gasteiger partial charge in [-0.1, -0.05) is 37.7 Å². The van der Waals surface area contributed by atoms with E-state index < -0.39 is 11.6 Å². The molecule has 20 heavy (non-hydrogen) atoms. The lowest BCUT2D eigenvalue weighted by atomic mass is 10.2. The average molecular weight is 293 g/mol. The maximum Gasteiger partial charge on any atom is 0.159 e. The van der Waals surface area contributed by atoms with E-state index in [9.17, 15) is 8.78 Å². The highest BCUT2D eigenvalue weighted by atomic mass is 32.2. The van der Waals surface area contributed by atoms with Crippen LogP contribution >= 0.6 is 11.8 Å². The molecule has 2 aromatic rings. The zero-order valence-corrected chi connectivity index (χ0v) is 12.3. The van der Waals surface area contributed by atoms with E-state index in [1.54, 1.807) is 6.07 Å². The van der Waals surface area contributed by atoms with Crippen LogP contribution in [0.15, 0.2) is 52.3 Å². The maximum atomic E-state index is 13.1. The van der Waals surface area contributed by atoms with E-state index in [0.29, 0.717) is 10.9 Å². The summed E-state index contributed by atoms with van der Waals surface area (Å²) in [5, 5.41) is 3.35. The minimum atomic E-state index is -0.815. The van der Waals surface area contributed by atoms with Crippen LogP contribution in [0.4, 0.5) is 8.78 Å². The molecule has 0 radical (unpaired) electrons. The SMILES string of the molecule is CC(C)NCc1ccc(Sc2ccc(F)c(F)c2)cc1. The normalized spacial score (nSPS) is 11.1. The monoisotopic (exact) mass is 293 g/mol. The van der Waals surface area contributed by atoms with Crippen LogP contribution in [0.25, 0.3) is 0 Å². The van der Waals surface area contributed by atoms with Crippen LogP contribution in [0.3, 0.4) is 0 Å². The molecule has 0 spiro atoms. The number of hydrogen-bond acceptors (Lipinski definition) is 2. The molecule has 0 saturated heterocycles. The van der Waals surface area contributed by atoms with E-state index in [-0.39, 0.29) is 0 Å². The van der Waals surface area contributed by atoms with E-state index in [1.807, 2.05) is 24.3 Å². The van der Waals surface area contributed by atoms with Gasteiger partial charge in [-0.05, 0) is 35.9 Å². The number of rotatable bonds is 5. The van der Waals surface area contributed by atoms with Crippen LogP contribution < -0.4 is 5.32 Å². The van der Waals surface area contributed by atoms with Gasteiger partial charge in [0.1, 0.15) is 0 Å². The van der Waals surface area contributed by atoms with Gasteiger partial charge in [0.25, 0.3) is 0 Å².